The molecule has 0 spiro atoms. The Balaban J connectivity index is 2.23. The fourth-order valence-electron chi connectivity index (χ4n) is 1.21. The summed E-state index contributed by atoms with van der Waals surface area (Å²) in [7, 11) is 0. The highest BCUT2D eigenvalue weighted by molar-refractivity contribution is 6.30. The zero-order valence-corrected chi connectivity index (χ0v) is 7.33. The Labute approximate surface area is 76.5 Å². The van der Waals surface area contributed by atoms with E-state index < -0.39 is 0 Å². The Bertz CT molecular complexity index is 292. The number of hydrogen-bond donors (Lipinski definition) is 0. The lowest BCUT2D eigenvalue weighted by molar-refractivity contribution is 1.02. The fraction of sp³-hybridized carbons (Fsp3) is 0.222. The van der Waals surface area contributed by atoms with Crippen LogP contribution in [0.2, 0.25) is 5.02 Å². The van der Waals surface area contributed by atoms with E-state index in [1.807, 2.05) is 30.6 Å². The van der Waals surface area contributed by atoms with Gasteiger partial charge in [0.25, 0.3) is 0 Å². The Morgan fingerprint density at radius 3 is 2.58 bits per heavy atom. The molecule has 0 radical (unpaired) electrons. The van der Waals surface area contributed by atoms with E-state index in [9.17, 15) is 0 Å². The van der Waals surface area contributed by atoms with Crippen molar-refractivity contribution in [2.75, 3.05) is 18.0 Å². The lowest BCUT2D eigenvalue weighted by Gasteiger charge is -2.13. The second kappa shape index (κ2) is 3.15. The molecule has 0 aromatic heterocycles. The molecule has 0 N–H and O–H groups in total. The number of aliphatic imine (C=N–C) groups is 1. The normalized spacial score (nSPS) is 15.6. The van der Waals surface area contributed by atoms with Crippen LogP contribution >= 0.6 is 11.6 Å². The number of anilines is 1. The van der Waals surface area contributed by atoms with Gasteiger partial charge in [-0.25, -0.2) is 0 Å². The minimum Gasteiger partial charge on any atom is -0.331 e. The molecule has 0 amide bonds. The first-order valence-electron chi connectivity index (χ1n) is 3.88. The van der Waals surface area contributed by atoms with Crippen molar-refractivity contribution in [2.24, 2.45) is 4.99 Å². The molecular formula is C9H9ClN2. The van der Waals surface area contributed by atoms with E-state index in [0.29, 0.717) is 0 Å². The molecule has 1 heterocycles. The van der Waals surface area contributed by atoms with Gasteiger partial charge in [-0.05, 0) is 24.3 Å². The topological polar surface area (TPSA) is 15.6 Å². The molecule has 62 valence electrons. The molecule has 0 saturated heterocycles. The lowest BCUT2D eigenvalue weighted by atomic mass is 10.3. The summed E-state index contributed by atoms with van der Waals surface area (Å²) in [6, 6.07) is 7.78. The van der Waals surface area contributed by atoms with Gasteiger partial charge in [0.1, 0.15) is 0 Å². The molecule has 0 saturated carbocycles. The minimum absolute atomic E-state index is 0.773. The van der Waals surface area contributed by atoms with Crippen LogP contribution in [0.25, 0.3) is 0 Å². The third kappa shape index (κ3) is 1.43. The highest BCUT2D eigenvalue weighted by Crippen LogP contribution is 2.17. The summed E-state index contributed by atoms with van der Waals surface area (Å²) in [6.45, 7) is 1.87. The highest BCUT2D eigenvalue weighted by Gasteiger charge is 2.06. The summed E-state index contributed by atoms with van der Waals surface area (Å²) in [4.78, 5) is 6.24. The molecule has 3 heteroatoms. The Kier molecular flexibility index (Phi) is 2.00. The second-order valence-electron chi connectivity index (χ2n) is 2.69. The van der Waals surface area contributed by atoms with Gasteiger partial charge in [0.2, 0.25) is 0 Å². The second-order valence-corrected chi connectivity index (χ2v) is 3.13. The van der Waals surface area contributed by atoms with Crippen LogP contribution in [0.15, 0.2) is 29.3 Å². The number of benzene rings is 1. The van der Waals surface area contributed by atoms with Crippen LogP contribution in [0, 0.1) is 0 Å². The van der Waals surface area contributed by atoms with E-state index in [2.05, 4.69) is 9.89 Å². The molecular weight excluding hydrogens is 172 g/mol. The van der Waals surface area contributed by atoms with Gasteiger partial charge in [-0.2, -0.15) is 0 Å². The maximum absolute atomic E-state index is 5.77. The van der Waals surface area contributed by atoms with Crippen LogP contribution in [-0.4, -0.2) is 19.4 Å². The van der Waals surface area contributed by atoms with Crippen molar-refractivity contribution in [1.82, 2.24) is 0 Å². The van der Waals surface area contributed by atoms with E-state index in [1.165, 1.54) is 0 Å². The summed E-state index contributed by atoms with van der Waals surface area (Å²) >= 11 is 5.77. The maximum Gasteiger partial charge on any atom is 0.0895 e. The van der Waals surface area contributed by atoms with Gasteiger partial charge in [-0.1, -0.05) is 11.6 Å². The Morgan fingerprint density at radius 1 is 1.25 bits per heavy atom. The van der Waals surface area contributed by atoms with Crippen molar-refractivity contribution < 1.29 is 0 Å². The maximum atomic E-state index is 5.77. The van der Waals surface area contributed by atoms with Gasteiger partial charge in [-0.15, -0.1) is 0 Å². The molecule has 1 aromatic carbocycles. The van der Waals surface area contributed by atoms with E-state index >= 15 is 0 Å². The molecule has 1 aliphatic rings. The molecule has 0 bridgehead atoms. The van der Waals surface area contributed by atoms with E-state index in [4.69, 9.17) is 11.6 Å². The molecule has 0 unspecified atom stereocenters. The average molecular weight is 181 g/mol. The van der Waals surface area contributed by atoms with Gasteiger partial charge >= 0.3 is 0 Å². The van der Waals surface area contributed by atoms with Crippen LogP contribution < -0.4 is 4.90 Å². The SMILES string of the molecule is Clc1ccc(N2C=NCC2)cc1. The quantitative estimate of drug-likeness (QED) is 0.647. The summed E-state index contributed by atoms with van der Waals surface area (Å²) in [6.07, 6.45) is 1.86. The summed E-state index contributed by atoms with van der Waals surface area (Å²) in [5.41, 5.74) is 1.15. The predicted octanol–water partition coefficient (Wildman–Crippen LogP) is 2.19. The van der Waals surface area contributed by atoms with Crippen molar-refractivity contribution >= 4 is 23.6 Å². The van der Waals surface area contributed by atoms with Crippen LogP contribution in [0.4, 0.5) is 5.69 Å². The zero-order chi connectivity index (χ0) is 8.39. The Morgan fingerprint density at radius 2 is 2.00 bits per heavy atom. The monoisotopic (exact) mass is 180 g/mol. The minimum atomic E-state index is 0.773. The molecule has 0 atom stereocenters. The number of nitrogens with zero attached hydrogens (tertiary/aromatic N) is 2. The first-order chi connectivity index (χ1) is 5.86. The molecule has 1 aliphatic heterocycles. The van der Waals surface area contributed by atoms with Gasteiger partial charge in [0.15, 0.2) is 0 Å². The Hall–Kier alpha value is -1.02. The number of hydrogen-bond acceptors (Lipinski definition) is 2. The van der Waals surface area contributed by atoms with Gasteiger partial charge in [0, 0.05) is 17.3 Å². The molecule has 1 aromatic rings. The first-order valence-corrected chi connectivity index (χ1v) is 4.26. The highest BCUT2D eigenvalue weighted by atomic mass is 35.5. The number of halogens is 1. The summed E-state index contributed by atoms with van der Waals surface area (Å²) in [5, 5.41) is 0.773. The summed E-state index contributed by atoms with van der Waals surface area (Å²) < 4.78 is 0. The van der Waals surface area contributed by atoms with E-state index in [-0.39, 0.29) is 0 Å². The van der Waals surface area contributed by atoms with Crippen molar-refractivity contribution in [1.29, 1.82) is 0 Å². The van der Waals surface area contributed by atoms with Crippen molar-refractivity contribution in [3.05, 3.63) is 29.3 Å². The van der Waals surface area contributed by atoms with Gasteiger partial charge in [0.05, 0.1) is 12.9 Å². The fourth-order valence-corrected chi connectivity index (χ4v) is 1.33. The van der Waals surface area contributed by atoms with Crippen LogP contribution in [0.1, 0.15) is 0 Å². The molecule has 12 heavy (non-hydrogen) atoms. The van der Waals surface area contributed by atoms with Crippen molar-refractivity contribution in [2.45, 2.75) is 0 Å². The van der Waals surface area contributed by atoms with E-state index in [0.717, 1.165) is 23.8 Å². The number of rotatable bonds is 1. The zero-order valence-electron chi connectivity index (χ0n) is 6.57. The van der Waals surface area contributed by atoms with Crippen molar-refractivity contribution in [3.63, 3.8) is 0 Å². The smallest absolute Gasteiger partial charge is 0.0895 e. The van der Waals surface area contributed by atoms with Gasteiger partial charge < -0.3 is 4.90 Å². The van der Waals surface area contributed by atoms with Crippen LogP contribution in [-0.2, 0) is 0 Å². The standard InChI is InChI=1S/C9H9ClN2/c10-8-1-3-9(4-2-8)12-6-5-11-7-12/h1-4,7H,5-6H2. The third-order valence-electron chi connectivity index (χ3n) is 1.85. The van der Waals surface area contributed by atoms with Crippen molar-refractivity contribution in [3.8, 4) is 0 Å². The van der Waals surface area contributed by atoms with Crippen LogP contribution in [0.5, 0.6) is 0 Å². The van der Waals surface area contributed by atoms with E-state index in [1.54, 1.807) is 0 Å². The molecule has 0 aliphatic carbocycles. The molecule has 2 rings (SSSR count). The third-order valence-corrected chi connectivity index (χ3v) is 2.10. The predicted molar refractivity (Wildman–Crippen MR) is 52.2 cm³/mol. The average Bonchev–Trinajstić information content (AvgIpc) is 2.58. The van der Waals surface area contributed by atoms with Crippen LogP contribution in [0.3, 0.4) is 0 Å². The largest absolute Gasteiger partial charge is 0.331 e. The molecule has 0 fully saturated rings. The van der Waals surface area contributed by atoms with Gasteiger partial charge in [-0.3, -0.25) is 4.99 Å². The summed E-state index contributed by atoms with van der Waals surface area (Å²) in [5.74, 6) is 0. The first kappa shape index (κ1) is 7.62. The molecule has 2 nitrogen and oxygen atoms in total. The lowest BCUT2D eigenvalue weighted by Crippen LogP contribution is -2.17.